The van der Waals surface area contributed by atoms with E-state index in [9.17, 15) is 0 Å². The molecule has 0 bridgehead atoms. The van der Waals surface area contributed by atoms with Gasteiger partial charge in [-0.3, -0.25) is 9.78 Å². The number of hydrogen-bond donors (Lipinski definition) is 1. The molecule has 0 radical (unpaired) electrons. The zero-order chi connectivity index (χ0) is 13.4. The summed E-state index contributed by atoms with van der Waals surface area (Å²) in [7, 11) is 0. The normalized spacial score (nSPS) is 12.9. The maximum atomic E-state index is 4.66. The largest absolute Gasteiger partial charge is 0.285 e. The Bertz CT molecular complexity index is 500. The van der Waals surface area contributed by atoms with Crippen LogP contribution in [0.1, 0.15) is 45.9 Å². The summed E-state index contributed by atoms with van der Waals surface area (Å²) < 4.78 is 2.02. The Morgan fingerprint density at radius 2 is 1.94 bits per heavy atom. The van der Waals surface area contributed by atoms with Crippen molar-refractivity contribution in [2.75, 3.05) is 0 Å². The molecule has 0 fully saturated rings. The zero-order valence-electron chi connectivity index (χ0n) is 11.9. The smallest absolute Gasteiger partial charge is 0.0677 e. The van der Waals surface area contributed by atoms with Crippen LogP contribution in [0, 0.1) is 0 Å². The highest BCUT2D eigenvalue weighted by atomic mass is 15.3. The van der Waals surface area contributed by atoms with Crippen LogP contribution in [0.2, 0.25) is 0 Å². The van der Waals surface area contributed by atoms with Gasteiger partial charge in [-0.1, -0.05) is 34.6 Å². The fraction of sp³-hybridized carbons (Fsp3) is 0.571. The number of hydrogen-bond acceptors (Lipinski definition) is 2. The fourth-order valence-electron chi connectivity index (χ4n) is 1.97. The molecular weight excluding hydrogens is 224 g/mol. The number of aromatic nitrogens is 4. The molecule has 0 unspecified atom stereocenters. The summed E-state index contributed by atoms with van der Waals surface area (Å²) in [6.07, 6.45) is 5.89. The highest BCUT2D eigenvalue weighted by molar-refractivity contribution is 5.16. The van der Waals surface area contributed by atoms with Gasteiger partial charge in [-0.15, -0.1) is 0 Å². The molecule has 0 aliphatic carbocycles. The standard InChI is InChI=1S/C14H22N4/c1-13(2,3)12-6-7-18(17-12)10-14(4,5)11-8-15-16-9-11/h6-9H,10H2,1-5H3,(H,15,16). The van der Waals surface area contributed by atoms with E-state index in [-0.39, 0.29) is 10.8 Å². The minimum atomic E-state index is 0.0220. The van der Waals surface area contributed by atoms with Crippen molar-refractivity contribution in [2.24, 2.45) is 0 Å². The second kappa shape index (κ2) is 4.26. The topological polar surface area (TPSA) is 46.5 Å². The van der Waals surface area contributed by atoms with Crippen LogP contribution in [0.5, 0.6) is 0 Å². The summed E-state index contributed by atoms with van der Waals surface area (Å²) in [6, 6.07) is 2.10. The molecule has 1 N–H and O–H groups in total. The summed E-state index contributed by atoms with van der Waals surface area (Å²) in [6.45, 7) is 11.8. The lowest BCUT2D eigenvalue weighted by Crippen LogP contribution is -2.25. The average Bonchev–Trinajstić information content (AvgIpc) is 2.83. The molecule has 2 heterocycles. The molecule has 0 spiro atoms. The molecule has 98 valence electrons. The number of nitrogens with zero attached hydrogens (tertiary/aromatic N) is 3. The molecule has 0 aliphatic rings. The minimum Gasteiger partial charge on any atom is -0.285 e. The Morgan fingerprint density at radius 1 is 1.22 bits per heavy atom. The average molecular weight is 246 g/mol. The predicted octanol–water partition coefficient (Wildman–Crippen LogP) is 2.88. The summed E-state index contributed by atoms with van der Waals surface area (Å²) in [5.74, 6) is 0. The number of nitrogens with one attached hydrogen (secondary N) is 1. The van der Waals surface area contributed by atoms with Gasteiger partial charge in [0.1, 0.15) is 0 Å². The molecule has 2 aromatic heterocycles. The Hall–Kier alpha value is -1.58. The van der Waals surface area contributed by atoms with E-state index in [1.165, 1.54) is 5.56 Å². The van der Waals surface area contributed by atoms with Crippen LogP contribution in [-0.4, -0.2) is 20.0 Å². The lowest BCUT2D eigenvalue weighted by atomic mass is 9.87. The van der Waals surface area contributed by atoms with Crippen LogP contribution in [0.4, 0.5) is 0 Å². The van der Waals surface area contributed by atoms with Gasteiger partial charge in [-0.25, -0.2) is 0 Å². The summed E-state index contributed by atoms with van der Waals surface area (Å²) >= 11 is 0. The van der Waals surface area contributed by atoms with E-state index in [4.69, 9.17) is 0 Å². The van der Waals surface area contributed by atoms with Crippen LogP contribution in [0.25, 0.3) is 0 Å². The maximum absolute atomic E-state index is 4.66. The first-order valence-corrected chi connectivity index (χ1v) is 6.32. The minimum absolute atomic E-state index is 0.0220. The molecule has 0 aliphatic heterocycles. The van der Waals surface area contributed by atoms with Gasteiger partial charge >= 0.3 is 0 Å². The molecule has 18 heavy (non-hydrogen) atoms. The molecule has 0 saturated carbocycles. The van der Waals surface area contributed by atoms with Gasteiger partial charge in [-0.05, 0) is 11.6 Å². The molecule has 4 heteroatoms. The predicted molar refractivity (Wildman–Crippen MR) is 72.5 cm³/mol. The zero-order valence-corrected chi connectivity index (χ0v) is 11.9. The molecular formula is C14H22N4. The van der Waals surface area contributed by atoms with Gasteiger partial charge in [0.2, 0.25) is 0 Å². The quantitative estimate of drug-likeness (QED) is 0.905. The fourth-order valence-corrected chi connectivity index (χ4v) is 1.97. The third-order valence-corrected chi connectivity index (χ3v) is 3.25. The van der Waals surface area contributed by atoms with Crippen LogP contribution in [0.15, 0.2) is 24.7 Å². The van der Waals surface area contributed by atoms with Gasteiger partial charge in [-0.2, -0.15) is 10.2 Å². The van der Waals surface area contributed by atoms with Crippen molar-refractivity contribution < 1.29 is 0 Å². The molecule has 2 rings (SSSR count). The van der Waals surface area contributed by atoms with Gasteiger partial charge in [0.25, 0.3) is 0 Å². The van der Waals surface area contributed by atoms with Gasteiger partial charge in [0.05, 0.1) is 18.4 Å². The number of H-pyrrole nitrogens is 1. The van der Waals surface area contributed by atoms with E-state index in [0.29, 0.717) is 0 Å². The third-order valence-electron chi connectivity index (χ3n) is 3.25. The Labute approximate surface area is 108 Å². The number of rotatable bonds is 3. The lowest BCUT2D eigenvalue weighted by molar-refractivity contribution is 0.401. The van der Waals surface area contributed by atoms with E-state index in [1.54, 1.807) is 0 Å². The van der Waals surface area contributed by atoms with E-state index < -0.39 is 0 Å². The van der Waals surface area contributed by atoms with E-state index >= 15 is 0 Å². The third kappa shape index (κ3) is 2.63. The first-order chi connectivity index (χ1) is 8.29. The Morgan fingerprint density at radius 3 is 2.44 bits per heavy atom. The van der Waals surface area contributed by atoms with Crippen molar-refractivity contribution in [3.8, 4) is 0 Å². The second-order valence-corrected chi connectivity index (χ2v) is 6.52. The highest BCUT2D eigenvalue weighted by Gasteiger charge is 2.24. The van der Waals surface area contributed by atoms with Crippen LogP contribution in [-0.2, 0) is 17.4 Å². The van der Waals surface area contributed by atoms with Crippen molar-refractivity contribution in [1.82, 2.24) is 20.0 Å². The van der Waals surface area contributed by atoms with Crippen molar-refractivity contribution in [2.45, 2.75) is 52.0 Å². The van der Waals surface area contributed by atoms with E-state index in [0.717, 1.165) is 12.2 Å². The first kappa shape index (κ1) is 12.9. The molecule has 0 atom stereocenters. The van der Waals surface area contributed by atoms with Crippen LogP contribution >= 0.6 is 0 Å². The maximum Gasteiger partial charge on any atom is 0.0677 e. The summed E-state index contributed by atoms with van der Waals surface area (Å²) in [4.78, 5) is 0. The summed E-state index contributed by atoms with van der Waals surface area (Å²) in [5, 5.41) is 11.6. The molecule has 4 nitrogen and oxygen atoms in total. The Balaban J connectivity index is 2.17. The highest BCUT2D eigenvalue weighted by Crippen LogP contribution is 2.25. The van der Waals surface area contributed by atoms with Gasteiger partial charge in [0.15, 0.2) is 0 Å². The van der Waals surface area contributed by atoms with Crippen LogP contribution in [0.3, 0.4) is 0 Å². The van der Waals surface area contributed by atoms with Crippen molar-refractivity contribution in [1.29, 1.82) is 0 Å². The molecule has 0 saturated heterocycles. The Kier molecular flexibility index (Phi) is 3.05. The molecule has 0 aromatic carbocycles. The number of aromatic amines is 1. The lowest BCUT2D eigenvalue weighted by Gasteiger charge is -2.23. The second-order valence-electron chi connectivity index (χ2n) is 6.52. The monoisotopic (exact) mass is 246 g/mol. The molecule has 0 amide bonds. The van der Waals surface area contributed by atoms with Crippen molar-refractivity contribution >= 4 is 0 Å². The van der Waals surface area contributed by atoms with Crippen LogP contribution < -0.4 is 0 Å². The van der Waals surface area contributed by atoms with E-state index in [2.05, 4.69) is 62.2 Å². The van der Waals surface area contributed by atoms with Gasteiger partial charge in [0, 0.05) is 23.2 Å². The van der Waals surface area contributed by atoms with Crippen molar-refractivity contribution in [3.63, 3.8) is 0 Å². The SMILES string of the molecule is CC(C)(C)c1ccn(CC(C)(C)c2cn[nH]c2)n1. The van der Waals surface area contributed by atoms with E-state index in [1.807, 2.05) is 17.1 Å². The van der Waals surface area contributed by atoms with Crippen molar-refractivity contribution in [3.05, 3.63) is 35.9 Å². The summed E-state index contributed by atoms with van der Waals surface area (Å²) in [5.41, 5.74) is 2.46. The molecule has 2 aromatic rings. The van der Waals surface area contributed by atoms with Gasteiger partial charge < -0.3 is 0 Å². The first-order valence-electron chi connectivity index (χ1n) is 6.32.